The SMILES string of the molecule is Cc1csc(SCc2ccc(C(=O)NCCCS(C)(=O)=O)cc2)n1. The van der Waals surface area contributed by atoms with Crippen molar-refractivity contribution in [2.75, 3.05) is 18.6 Å². The summed E-state index contributed by atoms with van der Waals surface area (Å²) in [7, 11) is -2.98. The van der Waals surface area contributed by atoms with Crippen molar-refractivity contribution in [3.8, 4) is 0 Å². The third kappa shape index (κ3) is 6.62. The lowest BCUT2D eigenvalue weighted by atomic mass is 10.1. The van der Waals surface area contributed by atoms with Crippen LogP contribution in [-0.2, 0) is 15.6 Å². The zero-order chi connectivity index (χ0) is 17.6. The molecule has 1 aromatic carbocycles. The van der Waals surface area contributed by atoms with Gasteiger partial charge < -0.3 is 5.32 Å². The number of benzene rings is 1. The second-order valence-electron chi connectivity index (χ2n) is 5.48. The van der Waals surface area contributed by atoms with Crippen molar-refractivity contribution < 1.29 is 13.2 Å². The first-order valence-electron chi connectivity index (χ1n) is 7.43. The van der Waals surface area contributed by atoms with E-state index in [9.17, 15) is 13.2 Å². The fourth-order valence-electron chi connectivity index (χ4n) is 1.93. The molecule has 0 spiro atoms. The minimum absolute atomic E-state index is 0.0830. The maximum Gasteiger partial charge on any atom is 0.251 e. The fraction of sp³-hybridized carbons (Fsp3) is 0.375. The van der Waals surface area contributed by atoms with Crippen molar-refractivity contribution >= 4 is 38.8 Å². The third-order valence-corrected chi connectivity index (χ3v) is 6.39. The molecule has 24 heavy (non-hydrogen) atoms. The molecule has 1 N–H and O–H groups in total. The van der Waals surface area contributed by atoms with Crippen molar-refractivity contribution in [2.24, 2.45) is 0 Å². The number of sulfone groups is 1. The van der Waals surface area contributed by atoms with Crippen LogP contribution < -0.4 is 5.32 Å². The predicted octanol–water partition coefficient (Wildman–Crippen LogP) is 2.91. The summed E-state index contributed by atoms with van der Waals surface area (Å²) >= 11 is 3.31. The summed E-state index contributed by atoms with van der Waals surface area (Å²) in [5.74, 6) is 0.710. The van der Waals surface area contributed by atoms with Crippen LogP contribution in [0.4, 0.5) is 0 Å². The van der Waals surface area contributed by atoms with E-state index in [-0.39, 0.29) is 11.7 Å². The van der Waals surface area contributed by atoms with Crippen LogP contribution in [0.15, 0.2) is 34.0 Å². The van der Waals surface area contributed by atoms with Crippen LogP contribution in [0.1, 0.15) is 28.0 Å². The molecule has 0 aliphatic heterocycles. The van der Waals surface area contributed by atoms with E-state index in [1.165, 1.54) is 6.26 Å². The van der Waals surface area contributed by atoms with E-state index >= 15 is 0 Å². The quantitative estimate of drug-likeness (QED) is 0.559. The number of thioether (sulfide) groups is 1. The number of hydrogen-bond donors (Lipinski definition) is 1. The van der Waals surface area contributed by atoms with Gasteiger partial charge in [0.1, 0.15) is 14.2 Å². The summed E-state index contributed by atoms with van der Waals surface area (Å²) in [5, 5.41) is 4.76. The molecule has 0 saturated carbocycles. The van der Waals surface area contributed by atoms with Gasteiger partial charge in [0.25, 0.3) is 5.91 Å². The second kappa shape index (κ2) is 8.64. The number of aryl methyl sites for hydroxylation is 1. The lowest BCUT2D eigenvalue weighted by Crippen LogP contribution is -2.25. The summed E-state index contributed by atoms with van der Waals surface area (Å²) in [5.41, 5.74) is 2.74. The molecule has 2 aromatic rings. The minimum Gasteiger partial charge on any atom is -0.352 e. The van der Waals surface area contributed by atoms with Gasteiger partial charge in [0.15, 0.2) is 0 Å². The van der Waals surface area contributed by atoms with Gasteiger partial charge in [-0.05, 0) is 31.0 Å². The van der Waals surface area contributed by atoms with E-state index in [1.807, 2.05) is 24.4 Å². The van der Waals surface area contributed by atoms with Gasteiger partial charge in [0.2, 0.25) is 0 Å². The highest BCUT2D eigenvalue weighted by atomic mass is 32.2. The summed E-state index contributed by atoms with van der Waals surface area (Å²) in [6.45, 7) is 2.33. The molecule has 0 bridgehead atoms. The molecule has 0 fully saturated rings. The van der Waals surface area contributed by atoms with Crippen LogP contribution in [0.3, 0.4) is 0 Å². The summed E-state index contributed by atoms with van der Waals surface area (Å²) in [4.78, 5) is 16.4. The Morgan fingerprint density at radius 2 is 2.00 bits per heavy atom. The van der Waals surface area contributed by atoms with Gasteiger partial charge in [-0.2, -0.15) is 0 Å². The Kier molecular flexibility index (Phi) is 6.82. The van der Waals surface area contributed by atoms with Crippen molar-refractivity contribution in [1.29, 1.82) is 0 Å². The predicted molar refractivity (Wildman–Crippen MR) is 99.5 cm³/mol. The number of amides is 1. The Balaban J connectivity index is 1.79. The molecule has 1 aromatic heterocycles. The van der Waals surface area contributed by atoms with E-state index < -0.39 is 9.84 Å². The maximum absolute atomic E-state index is 12.0. The van der Waals surface area contributed by atoms with E-state index in [0.717, 1.165) is 21.3 Å². The van der Waals surface area contributed by atoms with Crippen LogP contribution in [0.25, 0.3) is 0 Å². The van der Waals surface area contributed by atoms with Crippen LogP contribution in [0, 0.1) is 6.92 Å². The molecule has 130 valence electrons. The highest BCUT2D eigenvalue weighted by molar-refractivity contribution is 8.00. The highest BCUT2D eigenvalue weighted by Gasteiger charge is 2.07. The maximum atomic E-state index is 12.0. The molecule has 0 radical (unpaired) electrons. The largest absolute Gasteiger partial charge is 0.352 e. The standard InChI is InChI=1S/C16H20N2O3S3/c1-12-10-22-16(18-12)23-11-13-4-6-14(7-5-13)15(19)17-8-3-9-24(2,20)21/h4-7,10H,3,8-9,11H2,1-2H3,(H,17,19). The van der Waals surface area contributed by atoms with E-state index in [2.05, 4.69) is 10.3 Å². The molecule has 1 heterocycles. The summed E-state index contributed by atoms with van der Waals surface area (Å²) in [6.07, 6.45) is 1.62. The zero-order valence-electron chi connectivity index (χ0n) is 13.6. The molecule has 5 nitrogen and oxygen atoms in total. The van der Waals surface area contributed by atoms with Gasteiger partial charge in [-0.25, -0.2) is 13.4 Å². The lowest BCUT2D eigenvalue weighted by molar-refractivity contribution is 0.0953. The van der Waals surface area contributed by atoms with Crippen LogP contribution in [0.2, 0.25) is 0 Å². The van der Waals surface area contributed by atoms with Crippen LogP contribution >= 0.6 is 23.1 Å². The normalized spacial score (nSPS) is 11.4. The third-order valence-electron chi connectivity index (χ3n) is 3.15. The van der Waals surface area contributed by atoms with E-state index in [1.54, 1.807) is 35.2 Å². The lowest BCUT2D eigenvalue weighted by Gasteiger charge is -2.06. The fourth-order valence-corrected chi connectivity index (χ4v) is 4.41. The van der Waals surface area contributed by atoms with Gasteiger partial charge >= 0.3 is 0 Å². The number of nitrogens with one attached hydrogen (secondary N) is 1. The average Bonchev–Trinajstić information content (AvgIpc) is 2.94. The Labute approximate surface area is 150 Å². The van der Waals surface area contributed by atoms with Crippen LogP contribution in [0.5, 0.6) is 0 Å². The average molecular weight is 385 g/mol. The van der Waals surface area contributed by atoms with Gasteiger partial charge in [0, 0.05) is 35.2 Å². The Morgan fingerprint density at radius 1 is 1.29 bits per heavy atom. The monoisotopic (exact) mass is 384 g/mol. The number of carbonyl (C=O) groups is 1. The van der Waals surface area contributed by atoms with Gasteiger partial charge in [0.05, 0.1) is 5.75 Å². The first kappa shape index (κ1) is 19.0. The molecule has 0 saturated heterocycles. The van der Waals surface area contributed by atoms with Crippen molar-refractivity contribution in [3.63, 3.8) is 0 Å². The Morgan fingerprint density at radius 3 is 2.58 bits per heavy atom. The molecular formula is C16H20N2O3S3. The van der Waals surface area contributed by atoms with Crippen molar-refractivity contribution in [1.82, 2.24) is 10.3 Å². The first-order chi connectivity index (χ1) is 11.3. The van der Waals surface area contributed by atoms with Crippen molar-refractivity contribution in [2.45, 2.75) is 23.4 Å². The van der Waals surface area contributed by atoms with Gasteiger partial charge in [-0.1, -0.05) is 23.9 Å². The number of aromatic nitrogens is 1. The molecule has 8 heteroatoms. The van der Waals surface area contributed by atoms with Gasteiger partial charge in [-0.3, -0.25) is 4.79 Å². The smallest absolute Gasteiger partial charge is 0.251 e. The minimum atomic E-state index is -2.98. The number of carbonyl (C=O) groups excluding carboxylic acids is 1. The Bertz CT molecular complexity index is 783. The van der Waals surface area contributed by atoms with Gasteiger partial charge in [-0.15, -0.1) is 11.3 Å². The van der Waals surface area contributed by atoms with Crippen molar-refractivity contribution in [3.05, 3.63) is 46.5 Å². The molecule has 0 unspecified atom stereocenters. The first-order valence-corrected chi connectivity index (χ1v) is 11.4. The molecule has 0 atom stereocenters. The second-order valence-corrected chi connectivity index (χ2v) is 9.82. The molecule has 0 aliphatic rings. The molecule has 0 aliphatic carbocycles. The molecule has 2 rings (SSSR count). The topological polar surface area (TPSA) is 76.1 Å². The molecule has 1 amide bonds. The zero-order valence-corrected chi connectivity index (χ0v) is 16.1. The highest BCUT2D eigenvalue weighted by Crippen LogP contribution is 2.26. The van der Waals surface area contributed by atoms with E-state index in [4.69, 9.17) is 0 Å². The Hall–Kier alpha value is -1.38. The molecular weight excluding hydrogens is 364 g/mol. The number of hydrogen-bond acceptors (Lipinski definition) is 6. The summed E-state index contributed by atoms with van der Waals surface area (Å²) < 4.78 is 23.1. The number of nitrogens with zero attached hydrogens (tertiary/aromatic N) is 1. The number of rotatable bonds is 8. The number of thiazole rings is 1. The van der Waals surface area contributed by atoms with E-state index in [0.29, 0.717) is 18.5 Å². The van der Waals surface area contributed by atoms with Crippen LogP contribution in [-0.4, -0.2) is 37.9 Å². The summed E-state index contributed by atoms with van der Waals surface area (Å²) in [6, 6.07) is 7.43.